The minimum atomic E-state index is -4.19. The van der Waals surface area contributed by atoms with E-state index in [1.54, 1.807) is 0 Å². The first-order valence-corrected chi connectivity index (χ1v) is 7.08. The number of nitrogens with one attached hydrogen (secondary N) is 1. The highest BCUT2D eigenvalue weighted by molar-refractivity contribution is 7.89. The van der Waals surface area contributed by atoms with Gasteiger partial charge in [-0.2, -0.15) is 4.72 Å². The minimum Gasteiger partial charge on any atom is -0.398 e. The summed E-state index contributed by atoms with van der Waals surface area (Å²) in [6.07, 6.45) is -0.274. The third-order valence-corrected chi connectivity index (χ3v) is 4.47. The van der Waals surface area contributed by atoms with Crippen molar-refractivity contribution in [1.29, 1.82) is 0 Å². The number of hydrogen-bond donors (Lipinski definition) is 2. The smallest absolute Gasteiger partial charge is 0.247 e. The zero-order chi connectivity index (χ0) is 15.1. The first-order valence-electron chi connectivity index (χ1n) is 5.60. The predicted octanol–water partition coefficient (Wildman–Crippen LogP) is -0.557. The second-order valence-corrected chi connectivity index (χ2v) is 6.03. The lowest BCUT2D eigenvalue weighted by Crippen LogP contribution is -2.40. The highest BCUT2D eigenvalue weighted by Gasteiger charge is 2.39. The molecule has 2 rings (SSSR count). The van der Waals surface area contributed by atoms with Crippen molar-refractivity contribution in [2.45, 2.75) is 17.4 Å². The quantitative estimate of drug-likeness (QED) is 0.574. The second kappa shape index (κ2) is 4.84. The lowest BCUT2D eigenvalue weighted by Gasteiger charge is -2.13. The van der Waals surface area contributed by atoms with E-state index in [1.807, 2.05) is 0 Å². The first kappa shape index (κ1) is 14.4. The van der Waals surface area contributed by atoms with Gasteiger partial charge in [-0.15, -0.1) is 0 Å². The number of hydrogen-bond acceptors (Lipinski definition) is 5. The molecule has 7 nitrogen and oxygen atoms in total. The van der Waals surface area contributed by atoms with Gasteiger partial charge in [-0.3, -0.25) is 14.5 Å². The van der Waals surface area contributed by atoms with E-state index in [1.165, 1.54) is 7.05 Å². The Morgan fingerprint density at radius 3 is 2.60 bits per heavy atom. The molecule has 1 atom stereocenters. The fourth-order valence-corrected chi connectivity index (χ4v) is 3.17. The average molecular weight is 301 g/mol. The van der Waals surface area contributed by atoms with Crippen LogP contribution in [0.5, 0.6) is 0 Å². The van der Waals surface area contributed by atoms with Gasteiger partial charge in [0, 0.05) is 7.05 Å². The summed E-state index contributed by atoms with van der Waals surface area (Å²) >= 11 is 0. The van der Waals surface area contributed by atoms with Crippen molar-refractivity contribution in [2.75, 3.05) is 12.8 Å². The Kier molecular flexibility index (Phi) is 3.48. The molecule has 1 aromatic rings. The van der Waals surface area contributed by atoms with Crippen LogP contribution in [0.3, 0.4) is 0 Å². The third kappa shape index (κ3) is 2.49. The summed E-state index contributed by atoms with van der Waals surface area (Å²) in [5, 5.41) is 0. The van der Waals surface area contributed by atoms with E-state index in [9.17, 15) is 22.4 Å². The fourth-order valence-electron chi connectivity index (χ4n) is 1.84. The van der Waals surface area contributed by atoms with Gasteiger partial charge in [0.15, 0.2) is 0 Å². The largest absolute Gasteiger partial charge is 0.398 e. The van der Waals surface area contributed by atoms with E-state index in [4.69, 9.17) is 5.73 Å². The molecule has 1 unspecified atom stereocenters. The minimum absolute atomic E-state index is 0.149. The molecule has 0 bridgehead atoms. The number of amides is 2. The maximum absolute atomic E-state index is 13.1. The molecule has 1 heterocycles. The topological polar surface area (TPSA) is 110 Å². The lowest BCUT2D eigenvalue weighted by molar-refractivity contribution is -0.137. The Bertz CT molecular complexity index is 689. The van der Waals surface area contributed by atoms with Gasteiger partial charge < -0.3 is 5.73 Å². The summed E-state index contributed by atoms with van der Waals surface area (Å²) in [6.45, 7) is 0. The number of imide groups is 1. The van der Waals surface area contributed by atoms with Crippen LogP contribution in [0.25, 0.3) is 0 Å². The summed E-state index contributed by atoms with van der Waals surface area (Å²) in [6, 6.07) is 1.69. The highest BCUT2D eigenvalue weighted by atomic mass is 32.2. The number of benzene rings is 1. The van der Waals surface area contributed by atoms with Crippen molar-refractivity contribution in [3.8, 4) is 0 Å². The zero-order valence-electron chi connectivity index (χ0n) is 10.5. The van der Waals surface area contributed by atoms with Gasteiger partial charge in [-0.1, -0.05) is 0 Å². The Labute approximate surface area is 114 Å². The number of halogens is 1. The summed E-state index contributed by atoms with van der Waals surface area (Å²) < 4.78 is 39.3. The summed E-state index contributed by atoms with van der Waals surface area (Å²) in [7, 11) is -2.93. The summed E-state index contributed by atoms with van der Waals surface area (Å²) in [5.41, 5.74) is 5.34. The van der Waals surface area contributed by atoms with Crippen LogP contribution in [0, 0.1) is 5.82 Å². The molecule has 20 heavy (non-hydrogen) atoms. The van der Waals surface area contributed by atoms with Gasteiger partial charge in [0.1, 0.15) is 16.8 Å². The van der Waals surface area contributed by atoms with E-state index in [0.29, 0.717) is 0 Å². The number of sulfonamides is 1. The van der Waals surface area contributed by atoms with Gasteiger partial charge in [0.2, 0.25) is 21.8 Å². The number of carbonyl (C=O) groups excluding carboxylic acids is 2. The number of nitrogens with zero attached hydrogens (tertiary/aromatic N) is 1. The number of likely N-dealkylation sites (tertiary alicyclic amines) is 1. The molecule has 0 aliphatic carbocycles. The molecule has 1 fully saturated rings. The number of carbonyl (C=O) groups is 2. The highest BCUT2D eigenvalue weighted by Crippen LogP contribution is 2.21. The molecule has 108 valence electrons. The molecule has 1 aliphatic heterocycles. The molecule has 2 amide bonds. The van der Waals surface area contributed by atoms with Gasteiger partial charge in [-0.25, -0.2) is 12.8 Å². The van der Waals surface area contributed by atoms with Crippen LogP contribution < -0.4 is 10.5 Å². The number of nitrogen functional groups attached to an aromatic ring is 1. The Morgan fingerprint density at radius 1 is 1.40 bits per heavy atom. The Hall–Kier alpha value is -2.00. The lowest BCUT2D eigenvalue weighted by atomic mass is 10.3. The average Bonchev–Trinajstić information content (AvgIpc) is 2.59. The van der Waals surface area contributed by atoms with Crippen LogP contribution in [0.4, 0.5) is 10.1 Å². The van der Waals surface area contributed by atoms with E-state index in [0.717, 1.165) is 23.1 Å². The predicted molar refractivity (Wildman–Crippen MR) is 67.3 cm³/mol. The molecule has 0 spiro atoms. The molecule has 0 radical (unpaired) electrons. The molecule has 1 saturated heterocycles. The number of nitrogens with two attached hydrogens (primary N) is 1. The molecule has 0 aromatic heterocycles. The number of anilines is 1. The normalized spacial score (nSPS) is 19.7. The molecular weight excluding hydrogens is 289 g/mol. The molecule has 0 saturated carbocycles. The molecular formula is C11H12FN3O4S. The van der Waals surface area contributed by atoms with Crippen molar-refractivity contribution in [1.82, 2.24) is 9.62 Å². The maximum Gasteiger partial charge on any atom is 0.247 e. The Morgan fingerprint density at radius 2 is 2.05 bits per heavy atom. The molecule has 3 N–H and O–H groups in total. The molecule has 1 aromatic carbocycles. The van der Waals surface area contributed by atoms with Crippen LogP contribution in [-0.2, 0) is 19.6 Å². The standard InChI is InChI=1S/C11H12FN3O4S/c1-15-10(16)5-8(11(15)17)14-20(18,19)9-4-6(12)2-3-7(9)13/h2-4,8,14H,5,13H2,1H3. The van der Waals surface area contributed by atoms with Gasteiger partial charge in [0.05, 0.1) is 12.1 Å². The number of rotatable bonds is 3. The monoisotopic (exact) mass is 301 g/mol. The van der Waals surface area contributed by atoms with E-state index in [2.05, 4.69) is 4.72 Å². The number of likely N-dealkylation sites (N-methyl/N-ethyl adjacent to an activating group) is 1. The molecule has 9 heteroatoms. The maximum atomic E-state index is 13.1. The van der Waals surface area contributed by atoms with Gasteiger partial charge in [-0.05, 0) is 18.2 Å². The molecule has 1 aliphatic rings. The van der Waals surface area contributed by atoms with Crippen molar-refractivity contribution in [3.05, 3.63) is 24.0 Å². The van der Waals surface area contributed by atoms with Gasteiger partial charge >= 0.3 is 0 Å². The third-order valence-electron chi connectivity index (χ3n) is 2.94. The first-order chi connectivity index (χ1) is 9.22. The zero-order valence-corrected chi connectivity index (χ0v) is 11.3. The van der Waals surface area contributed by atoms with Crippen LogP contribution in [0.1, 0.15) is 6.42 Å². The fraction of sp³-hybridized carbons (Fsp3) is 0.273. The SMILES string of the molecule is CN1C(=O)CC(NS(=O)(=O)c2cc(F)ccc2N)C1=O. The van der Waals surface area contributed by atoms with Crippen molar-refractivity contribution in [3.63, 3.8) is 0 Å². The Balaban J connectivity index is 2.31. The van der Waals surface area contributed by atoms with Crippen LogP contribution >= 0.6 is 0 Å². The second-order valence-electron chi connectivity index (χ2n) is 4.35. The van der Waals surface area contributed by atoms with Crippen molar-refractivity contribution < 1.29 is 22.4 Å². The van der Waals surface area contributed by atoms with Crippen LogP contribution in [-0.4, -0.2) is 38.2 Å². The van der Waals surface area contributed by atoms with Crippen molar-refractivity contribution >= 4 is 27.5 Å². The van der Waals surface area contributed by atoms with Crippen LogP contribution in [0.15, 0.2) is 23.1 Å². The summed E-state index contributed by atoms with van der Waals surface area (Å²) in [5.74, 6) is -1.92. The van der Waals surface area contributed by atoms with E-state index < -0.39 is 38.6 Å². The van der Waals surface area contributed by atoms with Crippen LogP contribution in [0.2, 0.25) is 0 Å². The van der Waals surface area contributed by atoms with E-state index in [-0.39, 0.29) is 12.1 Å². The van der Waals surface area contributed by atoms with Crippen molar-refractivity contribution in [2.24, 2.45) is 0 Å². The van der Waals surface area contributed by atoms with E-state index >= 15 is 0 Å². The summed E-state index contributed by atoms with van der Waals surface area (Å²) in [4.78, 5) is 23.3. The van der Waals surface area contributed by atoms with Gasteiger partial charge in [0.25, 0.3) is 0 Å².